The van der Waals surface area contributed by atoms with E-state index >= 15 is 0 Å². The topological polar surface area (TPSA) is 26.3 Å². The van der Waals surface area contributed by atoms with E-state index in [9.17, 15) is 4.57 Å². The summed E-state index contributed by atoms with van der Waals surface area (Å²) in [5.41, 5.74) is 0. The molecular weight excluding hydrogens is 183 g/mol. The molecule has 1 rings (SSSR count). The molecule has 2 nitrogen and oxygen atoms in total. The summed E-state index contributed by atoms with van der Waals surface area (Å²) < 4.78 is 16.6. The van der Waals surface area contributed by atoms with E-state index in [0.29, 0.717) is 6.16 Å². The van der Waals surface area contributed by atoms with Crippen molar-refractivity contribution in [1.29, 1.82) is 0 Å². The van der Waals surface area contributed by atoms with Gasteiger partial charge in [-0.3, -0.25) is 0 Å². The molecule has 0 aromatic carbocycles. The molecule has 1 aliphatic rings. The molecule has 0 fully saturated rings. The smallest absolute Gasteiger partial charge is 0.196 e. The predicted molar refractivity (Wildman–Crippen MR) is 47.3 cm³/mol. The van der Waals surface area contributed by atoms with Gasteiger partial charge in [0.15, 0.2) is 6.49 Å². The quantitative estimate of drug-likeness (QED) is 0.631. The van der Waals surface area contributed by atoms with Crippen molar-refractivity contribution in [3.05, 3.63) is 11.6 Å². The van der Waals surface area contributed by atoms with Crippen molar-refractivity contribution in [3.8, 4) is 0 Å². The van der Waals surface area contributed by atoms with Crippen LogP contribution in [-0.4, -0.2) is 12.8 Å². The Labute approximate surface area is 71.7 Å². The number of ether oxygens (including phenoxy) is 1. The second-order valence-corrected chi connectivity index (χ2v) is 6.70. The van der Waals surface area contributed by atoms with Gasteiger partial charge in [0, 0.05) is 11.5 Å². The van der Waals surface area contributed by atoms with Crippen LogP contribution in [0.2, 0.25) is 0 Å². The lowest BCUT2D eigenvalue weighted by Crippen LogP contribution is -1.98. The zero-order valence-corrected chi connectivity index (χ0v) is 8.20. The van der Waals surface area contributed by atoms with Gasteiger partial charge < -0.3 is 9.30 Å². The molecule has 1 atom stereocenters. The predicted octanol–water partition coefficient (Wildman–Crippen LogP) is 3.18. The molecule has 0 radical (unpaired) electrons. The molecule has 0 aliphatic carbocycles. The zero-order chi connectivity index (χ0) is 8.32. The van der Waals surface area contributed by atoms with Crippen molar-refractivity contribution in [2.24, 2.45) is 0 Å². The first-order chi connectivity index (χ1) is 5.17. The van der Waals surface area contributed by atoms with Gasteiger partial charge in [0.25, 0.3) is 0 Å². The Bertz CT molecular complexity index is 212. The highest BCUT2D eigenvalue weighted by Gasteiger charge is 2.23. The van der Waals surface area contributed by atoms with Gasteiger partial charge in [0.05, 0.1) is 12.9 Å². The van der Waals surface area contributed by atoms with Gasteiger partial charge in [0.2, 0.25) is 0 Å². The van der Waals surface area contributed by atoms with Crippen LogP contribution in [0.5, 0.6) is 0 Å². The molecule has 64 valence electrons. The van der Waals surface area contributed by atoms with E-state index in [-0.39, 0.29) is 0 Å². The fraction of sp³-hybridized carbons (Fsp3) is 0.714. The number of hydrogen-bond donors (Lipinski definition) is 0. The average molecular weight is 195 g/mol. The van der Waals surface area contributed by atoms with Crippen molar-refractivity contribution in [2.75, 3.05) is 12.8 Å². The minimum Gasteiger partial charge on any atom is -0.501 e. The third kappa shape index (κ3) is 2.25. The molecule has 11 heavy (non-hydrogen) atoms. The first kappa shape index (κ1) is 9.15. The molecule has 0 bridgehead atoms. The summed E-state index contributed by atoms with van der Waals surface area (Å²) in [6, 6.07) is 0. The van der Waals surface area contributed by atoms with Gasteiger partial charge in [-0.1, -0.05) is 6.92 Å². The Morgan fingerprint density at radius 3 is 3.00 bits per heavy atom. The Morgan fingerprint density at radius 1 is 1.82 bits per heavy atom. The van der Waals surface area contributed by atoms with E-state index in [1.54, 1.807) is 6.26 Å². The molecule has 4 heteroatoms. The molecular formula is C7H12ClO2P. The standard InChI is InChI=1S/C7H12ClO2P/c1-2-11(8,9)7-4-3-5-10-6-7/h6H,2-5H2,1H3. The second kappa shape index (κ2) is 3.64. The number of hydrogen-bond acceptors (Lipinski definition) is 2. The van der Waals surface area contributed by atoms with Gasteiger partial charge in [-0.15, -0.1) is 0 Å². The Balaban J connectivity index is 2.72. The lowest BCUT2D eigenvalue weighted by Gasteiger charge is -2.16. The van der Waals surface area contributed by atoms with E-state index < -0.39 is 6.49 Å². The van der Waals surface area contributed by atoms with Gasteiger partial charge in [-0.25, -0.2) is 0 Å². The average Bonchev–Trinajstić information content (AvgIpc) is 2.06. The van der Waals surface area contributed by atoms with E-state index in [2.05, 4.69) is 0 Å². The van der Waals surface area contributed by atoms with Crippen LogP contribution in [0.4, 0.5) is 0 Å². The van der Waals surface area contributed by atoms with Gasteiger partial charge in [-0.05, 0) is 24.1 Å². The van der Waals surface area contributed by atoms with Crippen molar-refractivity contribution in [1.82, 2.24) is 0 Å². The Kier molecular flexibility index (Phi) is 3.03. The molecule has 0 aromatic rings. The van der Waals surface area contributed by atoms with Crippen LogP contribution >= 0.6 is 17.7 Å². The maximum Gasteiger partial charge on any atom is 0.196 e. The fourth-order valence-electron chi connectivity index (χ4n) is 0.999. The summed E-state index contributed by atoms with van der Waals surface area (Å²) in [5, 5.41) is 0.799. The summed E-state index contributed by atoms with van der Waals surface area (Å²) >= 11 is 5.81. The van der Waals surface area contributed by atoms with Gasteiger partial charge in [-0.2, -0.15) is 0 Å². The normalized spacial score (nSPS) is 23.3. The molecule has 0 amide bonds. The van der Waals surface area contributed by atoms with Crippen LogP contribution in [0.1, 0.15) is 19.8 Å². The van der Waals surface area contributed by atoms with Gasteiger partial charge in [0.1, 0.15) is 0 Å². The van der Waals surface area contributed by atoms with Crippen LogP contribution < -0.4 is 0 Å². The largest absolute Gasteiger partial charge is 0.501 e. The van der Waals surface area contributed by atoms with Crippen LogP contribution in [0.3, 0.4) is 0 Å². The van der Waals surface area contributed by atoms with E-state index in [4.69, 9.17) is 16.0 Å². The zero-order valence-electron chi connectivity index (χ0n) is 6.55. The van der Waals surface area contributed by atoms with Crippen LogP contribution in [0, 0.1) is 0 Å². The highest BCUT2D eigenvalue weighted by atomic mass is 35.7. The first-order valence-electron chi connectivity index (χ1n) is 3.77. The number of allylic oxidation sites excluding steroid dienone is 1. The Hall–Kier alpha value is 0.0600. The SMILES string of the molecule is CCP(=O)(Cl)C1=COCCC1. The number of rotatable bonds is 2. The molecule has 0 aromatic heterocycles. The lowest BCUT2D eigenvalue weighted by atomic mass is 10.3. The summed E-state index contributed by atoms with van der Waals surface area (Å²) in [6.07, 6.45) is 3.85. The molecule has 0 N–H and O–H groups in total. The minimum atomic E-state index is -2.54. The lowest BCUT2D eigenvalue weighted by molar-refractivity contribution is 0.228. The van der Waals surface area contributed by atoms with E-state index in [1.165, 1.54) is 0 Å². The summed E-state index contributed by atoms with van der Waals surface area (Å²) in [5.74, 6) is 0. The fourth-order valence-corrected chi connectivity index (χ4v) is 2.50. The maximum absolute atomic E-state index is 11.6. The third-order valence-corrected chi connectivity index (χ3v) is 5.12. The van der Waals surface area contributed by atoms with Crippen LogP contribution in [0.25, 0.3) is 0 Å². The highest BCUT2D eigenvalue weighted by Crippen LogP contribution is 2.60. The van der Waals surface area contributed by atoms with Crippen LogP contribution in [-0.2, 0) is 9.30 Å². The molecule has 0 saturated carbocycles. The minimum absolute atomic E-state index is 0.518. The maximum atomic E-state index is 11.6. The monoisotopic (exact) mass is 194 g/mol. The molecule has 1 heterocycles. The van der Waals surface area contributed by atoms with Crippen molar-refractivity contribution >= 4 is 17.7 Å². The third-order valence-electron chi connectivity index (χ3n) is 1.75. The van der Waals surface area contributed by atoms with E-state index in [0.717, 1.165) is 24.8 Å². The van der Waals surface area contributed by atoms with Crippen molar-refractivity contribution in [3.63, 3.8) is 0 Å². The summed E-state index contributed by atoms with van der Waals surface area (Å²) in [6.45, 7) is 0.0223. The molecule has 1 aliphatic heterocycles. The summed E-state index contributed by atoms with van der Waals surface area (Å²) in [4.78, 5) is 0. The van der Waals surface area contributed by atoms with E-state index in [1.807, 2.05) is 6.92 Å². The number of halogens is 1. The summed E-state index contributed by atoms with van der Waals surface area (Å²) in [7, 11) is 0. The van der Waals surface area contributed by atoms with Crippen molar-refractivity contribution < 1.29 is 9.30 Å². The molecule has 1 unspecified atom stereocenters. The van der Waals surface area contributed by atoms with Gasteiger partial charge >= 0.3 is 0 Å². The second-order valence-electron chi connectivity index (χ2n) is 2.55. The Morgan fingerprint density at radius 2 is 2.55 bits per heavy atom. The van der Waals surface area contributed by atoms with Crippen LogP contribution in [0.15, 0.2) is 11.6 Å². The highest BCUT2D eigenvalue weighted by molar-refractivity contribution is 7.92. The molecule has 0 spiro atoms. The van der Waals surface area contributed by atoms with Crippen molar-refractivity contribution in [2.45, 2.75) is 19.8 Å². The first-order valence-corrected chi connectivity index (χ1v) is 6.56. The molecule has 0 saturated heterocycles.